The maximum absolute atomic E-state index is 11.2. The smallest absolute Gasteiger partial charge is 0.475 e. The van der Waals surface area contributed by atoms with Crippen LogP contribution in [0.2, 0.25) is 0 Å². The molecule has 2 N–H and O–H groups in total. The van der Waals surface area contributed by atoms with Crippen LogP contribution < -0.4 is 4.72 Å². The number of ether oxygens (including phenoxy) is 1. The van der Waals surface area contributed by atoms with Gasteiger partial charge in [0.05, 0.1) is 19.0 Å². The van der Waals surface area contributed by atoms with E-state index in [9.17, 15) is 21.6 Å². The highest BCUT2D eigenvalue weighted by Crippen LogP contribution is 2.34. The molecular weight excluding hydrogens is 421 g/mol. The lowest BCUT2D eigenvalue weighted by atomic mass is 9.84. The van der Waals surface area contributed by atoms with Gasteiger partial charge in [-0.3, -0.25) is 4.90 Å². The zero-order valence-electron chi connectivity index (χ0n) is 15.2. The van der Waals surface area contributed by atoms with Gasteiger partial charge < -0.3 is 9.84 Å². The number of sulfonamides is 1. The van der Waals surface area contributed by atoms with E-state index < -0.39 is 22.2 Å². The van der Waals surface area contributed by atoms with Crippen molar-refractivity contribution >= 4 is 27.3 Å². The van der Waals surface area contributed by atoms with Gasteiger partial charge in [-0.25, -0.2) is 17.9 Å². The molecule has 0 bridgehead atoms. The van der Waals surface area contributed by atoms with E-state index in [4.69, 9.17) is 14.6 Å². The van der Waals surface area contributed by atoms with Gasteiger partial charge in [0.25, 0.3) is 0 Å². The maximum Gasteiger partial charge on any atom is 0.490 e. The molecule has 0 unspecified atom stereocenters. The van der Waals surface area contributed by atoms with Gasteiger partial charge in [0, 0.05) is 25.6 Å². The third-order valence-corrected chi connectivity index (χ3v) is 6.08. The Kier molecular flexibility index (Phi) is 7.85. The summed E-state index contributed by atoms with van der Waals surface area (Å²) in [6, 6.07) is 2.18. The lowest BCUT2D eigenvalue weighted by molar-refractivity contribution is -0.192. The van der Waals surface area contributed by atoms with E-state index in [0.717, 1.165) is 32.7 Å². The molecule has 3 atom stereocenters. The molecule has 0 spiro atoms. The van der Waals surface area contributed by atoms with Crippen LogP contribution >= 0.6 is 11.3 Å². The quantitative estimate of drug-likeness (QED) is 0.719. The highest BCUT2D eigenvalue weighted by Gasteiger charge is 2.40. The predicted octanol–water partition coefficient (Wildman–Crippen LogP) is 1.77. The zero-order chi connectivity index (χ0) is 20.9. The highest BCUT2D eigenvalue weighted by molar-refractivity contribution is 7.88. The summed E-state index contributed by atoms with van der Waals surface area (Å²) < 4.78 is 62.6. The van der Waals surface area contributed by atoms with Gasteiger partial charge >= 0.3 is 12.1 Å². The third kappa shape index (κ3) is 7.32. The first-order valence-corrected chi connectivity index (χ1v) is 11.4. The van der Waals surface area contributed by atoms with E-state index in [2.05, 4.69) is 26.4 Å². The first kappa shape index (κ1) is 23.1. The lowest BCUT2D eigenvalue weighted by Gasteiger charge is -2.35. The SMILES string of the molecule is CS(=O)(=O)NC[C@H]1OC[C@H]2CN(Cc3ccsc3)CC[C@H]21.O=C(O)C(F)(F)F. The van der Waals surface area contributed by atoms with Gasteiger partial charge in [0.2, 0.25) is 10.0 Å². The molecule has 1 aromatic rings. The van der Waals surface area contributed by atoms with Gasteiger partial charge in [-0.05, 0) is 41.3 Å². The molecule has 2 aliphatic rings. The van der Waals surface area contributed by atoms with Crippen molar-refractivity contribution in [1.82, 2.24) is 9.62 Å². The largest absolute Gasteiger partial charge is 0.490 e. The van der Waals surface area contributed by atoms with Gasteiger partial charge in [-0.1, -0.05) is 0 Å². The number of alkyl halides is 3. The lowest BCUT2D eigenvalue weighted by Crippen LogP contribution is -2.43. The van der Waals surface area contributed by atoms with E-state index in [1.165, 1.54) is 11.8 Å². The number of thiophene rings is 1. The molecule has 12 heteroatoms. The Morgan fingerprint density at radius 1 is 1.46 bits per heavy atom. The number of aliphatic carboxylic acids is 1. The number of hydrogen-bond acceptors (Lipinski definition) is 6. The topological polar surface area (TPSA) is 95.9 Å². The number of fused-ring (bicyclic) bond motifs is 1. The first-order chi connectivity index (χ1) is 13.0. The fourth-order valence-corrected chi connectivity index (χ4v) is 4.52. The Morgan fingerprint density at radius 2 is 2.14 bits per heavy atom. The minimum atomic E-state index is -5.08. The number of piperidine rings is 1. The summed E-state index contributed by atoms with van der Waals surface area (Å²) in [6.07, 6.45) is -2.76. The van der Waals surface area contributed by atoms with Crippen LogP contribution in [0.3, 0.4) is 0 Å². The van der Waals surface area contributed by atoms with Crippen molar-refractivity contribution in [2.45, 2.75) is 25.2 Å². The van der Waals surface area contributed by atoms with Crippen molar-refractivity contribution in [2.24, 2.45) is 11.8 Å². The van der Waals surface area contributed by atoms with Gasteiger partial charge in [-0.2, -0.15) is 24.5 Å². The van der Waals surface area contributed by atoms with Gasteiger partial charge in [-0.15, -0.1) is 0 Å². The summed E-state index contributed by atoms with van der Waals surface area (Å²) in [6.45, 7) is 4.29. The number of likely N-dealkylation sites (tertiary alicyclic amines) is 1. The van der Waals surface area contributed by atoms with Crippen LogP contribution in [0.25, 0.3) is 0 Å². The number of carbonyl (C=O) groups is 1. The number of halogens is 3. The maximum atomic E-state index is 11.2. The summed E-state index contributed by atoms with van der Waals surface area (Å²) in [5, 5.41) is 11.4. The molecule has 0 saturated carbocycles. The summed E-state index contributed by atoms with van der Waals surface area (Å²) in [7, 11) is -3.13. The average Bonchev–Trinajstić information content (AvgIpc) is 3.21. The monoisotopic (exact) mass is 444 g/mol. The molecule has 3 heterocycles. The summed E-state index contributed by atoms with van der Waals surface area (Å²) >= 11 is 1.74. The number of nitrogens with zero attached hydrogens (tertiary/aromatic N) is 1. The second-order valence-electron chi connectivity index (χ2n) is 6.87. The van der Waals surface area contributed by atoms with Crippen LogP contribution in [-0.4, -0.2) is 69.2 Å². The molecule has 2 saturated heterocycles. The molecule has 28 heavy (non-hydrogen) atoms. The zero-order valence-corrected chi connectivity index (χ0v) is 16.8. The van der Waals surface area contributed by atoms with Gasteiger partial charge in [0.1, 0.15) is 0 Å². The van der Waals surface area contributed by atoms with E-state index in [1.807, 2.05) is 0 Å². The Bertz CT molecular complexity index is 740. The van der Waals surface area contributed by atoms with Gasteiger partial charge in [0.15, 0.2) is 0 Å². The first-order valence-electron chi connectivity index (χ1n) is 8.55. The third-order valence-electron chi connectivity index (χ3n) is 4.65. The van der Waals surface area contributed by atoms with Crippen LogP contribution in [0.15, 0.2) is 16.8 Å². The van der Waals surface area contributed by atoms with Crippen LogP contribution in [0.1, 0.15) is 12.0 Å². The summed E-state index contributed by atoms with van der Waals surface area (Å²) in [5.74, 6) is -1.74. The normalized spacial score (nSPS) is 25.6. The van der Waals surface area contributed by atoms with Crippen LogP contribution in [0.5, 0.6) is 0 Å². The number of carboxylic acids is 1. The van der Waals surface area contributed by atoms with Crippen molar-refractivity contribution in [2.75, 3.05) is 32.5 Å². The van der Waals surface area contributed by atoms with Crippen molar-refractivity contribution in [3.05, 3.63) is 22.4 Å². The predicted molar refractivity (Wildman–Crippen MR) is 97.5 cm³/mol. The number of nitrogens with one attached hydrogen (secondary N) is 1. The number of hydrogen-bond donors (Lipinski definition) is 2. The van der Waals surface area contributed by atoms with Crippen LogP contribution in [-0.2, 0) is 26.1 Å². The highest BCUT2D eigenvalue weighted by atomic mass is 32.2. The molecule has 3 rings (SSSR count). The molecular formula is C16H23F3N2O5S2. The molecule has 0 radical (unpaired) electrons. The van der Waals surface area contributed by atoms with Crippen LogP contribution in [0, 0.1) is 11.8 Å². The molecule has 2 aliphatic heterocycles. The molecule has 160 valence electrons. The van der Waals surface area contributed by atoms with E-state index >= 15 is 0 Å². The second-order valence-corrected chi connectivity index (χ2v) is 9.49. The van der Waals surface area contributed by atoms with Crippen molar-refractivity contribution in [3.8, 4) is 0 Å². The molecule has 0 aliphatic carbocycles. The Labute approximate surface area is 165 Å². The Morgan fingerprint density at radius 3 is 2.68 bits per heavy atom. The number of rotatable bonds is 5. The summed E-state index contributed by atoms with van der Waals surface area (Å²) in [4.78, 5) is 11.4. The van der Waals surface area contributed by atoms with Crippen molar-refractivity contribution < 1.29 is 36.2 Å². The van der Waals surface area contributed by atoms with E-state index in [0.29, 0.717) is 18.4 Å². The van der Waals surface area contributed by atoms with Crippen molar-refractivity contribution in [1.29, 1.82) is 0 Å². The molecule has 0 aromatic carbocycles. The van der Waals surface area contributed by atoms with Crippen molar-refractivity contribution in [3.63, 3.8) is 0 Å². The van der Waals surface area contributed by atoms with E-state index in [-0.39, 0.29) is 6.10 Å². The average molecular weight is 444 g/mol. The molecule has 0 amide bonds. The van der Waals surface area contributed by atoms with Crippen LogP contribution in [0.4, 0.5) is 13.2 Å². The molecule has 2 fully saturated rings. The fourth-order valence-electron chi connectivity index (χ4n) is 3.39. The second kappa shape index (κ2) is 9.53. The summed E-state index contributed by atoms with van der Waals surface area (Å²) in [5.41, 5.74) is 1.38. The molecule has 7 nitrogen and oxygen atoms in total. The molecule has 1 aromatic heterocycles. The van der Waals surface area contributed by atoms with E-state index in [1.54, 1.807) is 11.3 Å². The standard InChI is InChI=1S/C14H22N2O3S2.C2HF3O2/c1-21(17,18)15-6-14-13-2-4-16(8-12(13)9-19-14)7-11-3-5-20-10-11;3-2(4,5)1(6)7/h3,5,10,12-15H,2,4,6-9H2,1H3;(H,6,7)/t12-,13-,14-;/m1./s1. The fraction of sp³-hybridized carbons (Fsp3) is 0.688. The minimum absolute atomic E-state index is 0.0352. The minimum Gasteiger partial charge on any atom is -0.475 e. The Hall–Kier alpha value is -1.21. The number of carboxylic acid groups (broad SMARTS) is 1. The Balaban J connectivity index is 0.000000345.